The molecule has 94 valence electrons. The summed E-state index contributed by atoms with van der Waals surface area (Å²) in [5, 5.41) is 9.17. The summed E-state index contributed by atoms with van der Waals surface area (Å²) in [4.78, 5) is 10.6. The zero-order valence-electron chi connectivity index (χ0n) is 8.42. The molecule has 1 aromatic rings. The van der Waals surface area contributed by atoms with Crippen molar-refractivity contribution >= 4 is 33.5 Å². The quantitative estimate of drug-likeness (QED) is 0.842. The molecule has 0 aromatic heterocycles. The number of alkyl halides is 3. The van der Waals surface area contributed by atoms with Crippen LogP contribution in [0.5, 0.6) is 5.75 Å². The van der Waals surface area contributed by atoms with E-state index in [4.69, 9.17) is 16.7 Å². The van der Waals surface area contributed by atoms with Gasteiger partial charge in [-0.05, 0) is 17.7 Å². The van der Waals surface area contributed by atoms with Gasteiger partial charge in [0.25, 0.3) is 0 Å². The zero-order chi connectivity index (χ0) is 13.0. The van der Waals surface area contributed by atoms with Crippen LogP contribution in [0.1, 0.15) is 11.1 Å². The van der Waals surface area contributed by atoms with E-state index in [1.807, 2.05) is 0 Å². The van der Waals surface area contributed by atoms with Crippen molar-refractivity contribution in [2.45, 2.75) is 18.4 Å². The molecule has 0 heterocycles. The second-order valence-corrected chi connectivity index (χ2v) is 4.10. The van der Waals surface area contributed by atoms with Crippen LogP contribution in [0.3, 0.4) is 0 Å². The van der Waals surface area contributed by atoms with Gasteiger partial charge >= 0.3 is 12.6 Å². The highest BCUT2D eigenvalue weighted by molar-refractivity contribution is 9.08. The topological polar surface area (TPSA) is 46.5 Å². The van der Waals surface area contributed by atoms with Crippen LogP contribution in [0, 0.1) is 0 Å². The second-order valence-electron chi connectivity index (χ2n) is 3.14. The third-order valence-corrected chi connectivity index (χ3v) is 2.90. The predicted octanol–water partition coefficient (Wildman–Crippen LogP) is 3.46. The number of benzene rings is 1. The molecule has 1 rings (SSSR count). The van der Waals surface area contributed by atoms with Gasteiger partial charge in [0.2, 0.25) is 0 Å². The van der Waals surface area contributed by atoms with Crippen LogP contribution in [-0.2, 0) is 16.5 Å². The monoisotopic (exact) mass is 328 g/mol. The van der Waals surface area contributed by atoms with Crippen LogP contribution in [0.15, 0.2) is 12.1 Å². The average molecular weight is 330 g/mol. The highest BCUT2D eigenvalue weighted by Crippen LogP contribution is 2.31. The molecule has 0 saturated heterocycles. The van der Waals surface area contributed by atoms with Crippen molar-refractivity contribution in [3.63, 3.8) is 0 Å². The molecule has 0 aliphatic rings. The summed E-state index contributed by atoms with van der Waals surface area (Å²) in [5.74, 6) is -1.37. The maximum Gasteiger partial charge on any atom is 0.387 e. The highest BCUT2D eigenvalue weighted by atomic mass is 79.9. The molecule has 0 fully saturated rings. The minimum absolute atomic E-state index is 0.0455. The zero-order valence-corrected chi connectivity index (χ0v) is 10.8. The third kappa shape index (κ3) is 4.12. The number of halogens is 4. The molecule has 3 nitrogen and oxygen atoms in total. The number of carbonyl (C=O) groups is 1. The van der Waals surface area contributed by atoms with E-state index in [2.05, 4.69) is 20.7 Å². The van der Waals surface area contributed by atoms with Crippen molar-refractivity contribution in [3.05, 3.63) is 28.3 Å². The molecule has 0 atom stereocenters. The van der Waals surface area contributed by atoms with Crippen LogP contribution < -0.4 is 4.74 Å². The summed E-state index contributed by atoms with van der Waals surface area (Å²) < 4.78 is 28.6. The van der Waals surface area contributed by atoms with Crippen molar-refractivity contribution < 1.29 is 23.4 Å². The number of aliphatic carboxylic acids is 1. The molecular weight excluding hydrogens is 321 g/mol. The first kappa shape index (κ1) is 14.2. The van der Waals surface area contributed by atoms with E-state index in [1.54, 1.807) is 0 Å². The standard InChI is InChI=1S/C10H8BrClF2O3/c11-4-5-1-7(12)6(3-9(15)16)8(2-5)17-10(13)14/h1-2,10H,3-4H2,(H,15,16). The van der Waals surface area contributed by atoms with Gasteiger partial charge in [-0.25, -0.2) is 0 Å². The number of carboxylic acid groups (broad SMARTS) is 1. The van der Waals surface area contributed by atoms with E-state index in [-0.39, 0.29) is 16.3 Å². The van der Waals surface area contributed by atoms with Crippen molar-refractivity contribution in [1.82, 2.24) is 0 Å². The number of ether oxygens (including phenoxy) is 1. The van der Waals surface area contributed by atoms with Gasteiger partial charge in [-0.1, -0.05) is 27.5 Å². The Bertz CT molecular complexity index is 426. The second kappa shape index (κ2) is 6.16. The first-order valence-corrected chi connectivity index (χ1v) is 5.98. The Hall–Kier alpha value is -0.880. The van der Waals surface area contributed by atoms with Gasteiger partial charge < -0.3 is 9.84 Å². The Morgan fingerprint density at radius 1 is 1.53 bits per heavy atom. The molecule has 0 unspecified atom stereocenters. The third-order valence-electron chi connectivity index (χ3n) is 1.91. The largest absolute Gasteiger partial charge is 0.481 e. The lowest BCUT2D eigenvalue weighted by Gasteiger charge is -2.12. The smallest absolute Gasteiger partial charge is 0.387 e. The highest BCUT2D eigenvalue weighted by Gasteiger charge is 2.16. The molecule has 1 N–H and O–H groups in total. The van der Waals surface area contributed by atoms with Gasteiger partial charge in [0, 0.05) is 15.9 Å². The molecule has 0 aliphatic carbocycles. The SMILES string of the molecule is O=C(O)Cc1c(Cl)cc(CBr)cc1OC(F)F. The number of carboxylic acids is 1. The van der Waals surface area contributed by atoms with E-state index >= 15 is 0 Å². The average Bonchev–Trinajstić information content (AvgIpc) is 2.21. The Labute approximate surface area is 109 Å². The van der Waals surface area contributed by atoms with Gasteiger partial charge in [0.15, 0.2) is 0 Å². The maximum atomic E-state index is 12.2. The Morgan fingerprint density at radius 2 is 2.18 bits per heavy atom. The lowest BCUT2D eigenvalue weighted by atomic mass is 10.1. The number of rotatable bonds is 5. The molecule has 0 saturated carbocycles. The van der Waals surface area contributed by atoms with E-state index in [0.717, 1.165) is 0 Å². The molecule has 1 aromatic carbocycles. The van der Waals surface area contributed by atoms with Crippen LogP contribution in [0.25, 0.3) is 0 Å². The van der Waals surface area contributed by atoms with Gasteiger partial charge in [-0.2, -0.15) is 8.78 Å². The van der Waals surface area contributed by atoms with Crippen LogP contribution in [-0.4, -0.2) is 17.7 Å². The van der Waals surface area contributed by atoms with Crippen LogP contribution in [0.4, 0.5) is 8.78 Å². The fourth-order valence-electron chi connectivity index (χ4n) is 1.27. The van der Waals surface area contributed by atoms with Gasteiger partial charge in [0.1, 0.15) is 5.75 Å². The molecule has 0 spiro atoms. The maximum absolute atomic E-state index is 12.2. The molecular formula is C10H8BrClF2O3. The van der Waals surface area contributed by atoms with Crippen LogP contribution >= 0.6 is 27.5 Å². The summed E-state index contributed by atoms with van der Waals surface area (Å²) in [6.07, 6.45) is -0.469. The van der Waals surface area contributed by atoms with E-state index < -0.39 is 19.0 Å². The minimum Gasteiger partial charge on any atom is -0.481 e. The predicted molar refractivity (Wildman–Crippen MR) is 62.1 cm³/mol. The number of hydrogen-bond acceptors (Lipinski definition) is 2. The molecule has 0 amide bonds. The molecule has 0 radical (unpaired) electrons. The fourth-order valence-corrected chi connectivity index (χ4v) is 1.89. The Morgan fingerprint density at radius 3 is 2.65 bits per heavy atom. The summed E-state index contributed by atoms with van der Waals surface area (Å²) in [6.45, 7) is -3.02. The van der Waals surface area contributed by atoms with Crippen molar-refractivity contribution in [1.29, 1.82) is 0 Å². The van der Waals surface area contributed by atoms with Crippen molar-refractivity contribution in [3.8, 4) is 5.75 Å². The molecule has 7 heteroatoms. The number of hydrogen-bond donors (Lipinski definition) is 1. The molecule has 17 heavy (non-hydrogen) atoms. The Kier molecular flexibility index (Phi) is 5.14. The summed E-state index contributed by atoms with van der Waals surface area (Å²) >= 11 is 8.98. The first-order chi connectivity index (χ1) is 7.93. The fraction of sp³-hybridized carbons (Fsp3) is 0.300. The lowest BCUT2D eigenvalue weighted by Crippen LogP contribution is -2.08. The summed E-state index contributed by atoms with van der Waals surface area (Å²) in [6, 6.07) is 2.85. The van der Waals surface area contributed by atoms with E-state index in [0.29, 0.717) is 10.9 Å². The minimum atomic E-state index is -3.02. The molecule has 0 aliphatic heterocycles. The normalized spacial score (nSPS) is 10.6. The van der Waals surface area contributed by atoms with Crippen molar-refractivity contribution in [2.75, 3.05) is 0 Å². The lowest BCUT2D eigenvalue weighted by molar-refractivity contribution is -0.136. The van der Waals surface area contributed by atoms with E-state index in [1.165, 1.54) is 12.1 Å². The van der Waals surface area contributed by atoms with Crippen LogP contribution in [0.2, 0.25) is 5.02 Å². The van der Waals surface area contributed by atoms with Gasteiger partial charge in [0.05, 0.1) is 6.42 Å². The molecule has 0 bridgehead atoms. The summed E-state index contributed by atoms with van der Waals surface area (Å²) in [7, 11) is 0. The Balaban J connectivity index is 3.18. The van der Waals surface area contributed by atoms with E-state index in [9.17, 15) is 13.6 Å². The van der Waals surface area contributed by atoms with Gasteiger partial charge in [-0.3, -0.25) is 4.79 Å². The first-order valence-electron chi connectivity index (χ1n) is 4.48. The summed E-state index contributed by atoms with van der Waals surface area (Å²) in [5.41, 5.74) is 0.670. The van der Waals surface area contributed by atoms with Crippen molar-refractivity contribution in [2.24, 2.45) is 0 Å². The van der Waals surface area contributed by atoms with Gasteiger partial charge in [-0.15, -0.1) is 0 Å².